The SMILES string of the molecule is O=[N+]([O-])c1ccc(OP(=O)(Oc2ccc([N+](=O)[O-])cc2[P+](=O)[O-])Oc2ccc([N+](=O)[O-])cc2[P+](=O)[O-])c([P+](=O)[O-])c1. The van der Waals surface area contributed by atoms with E-state index in [1.807, 2.05) is 0 Å². The van der Waals surface area contributed by atoms with E-state index in [2.05, 4.69) is 0 Å². The Hall–Kier alpha value is -4.33. The summed E-state index contributed by atoms with van der Waals surface area (Å²) in [6.45, 7) is 0. The van der Waals surface area contributed by atoms with Crippen LogP contribution in [0.3, 0.4) is 0 Å². The number of nitro benzene ring substituents is 3. The van der Waals surface area contributed by atoms with Crippen molar-refractivity contribution in [1.29, 1.82) is 0 Å². The van der Waals surface area contributed by atoms with E-state index in [1.165, 1.54) is 0 Å². The van der Waals surface area contributed by atoms with Crippen LogP contribution < -0.4 is 44.2 Å². The summed E-state index contributed by atoms with van der Waals surface area (Å²) in [7, 11) is -16.6. The van der Waals surface area contributed by atoms with E-state index >= 15 is 0 Å². The summed E-state index contributed by atoms with van der Waals surface area (Å²) in [4.78, 5) is 65.6. The Balaban J connectivity index is 2.21. The van der Waals surface area contributed by atoms with Gasteiger partial charge in [0.2, 0.25) is 15.9 Å². The summed E-state index contributed by atoms with van der Waals surface area (Å²) in [6.07, 6.45) is 0. The third-order valence-electron chi connectivity index (χ3n) is 4.68. The van der Waals surface area contributed by atoms with Gasteiger partial charge in [-0.25, -0.2) is 0 Å². The summed E-state index contributed by atoms with van der Waals surface area (Å²) in [5, 5.41) is 30.4. The Morgan fingerprint density at radius 3 is 0.976 bits per heavy atom. The molecule has 0 amide bonds. The van der Waals surface area contributed by atoms with E-state index in [0.29, 0.717) is 36.4 Å². The average molecular weight is 647 g/mol. The maximum Gasteiger partial charge on any atom is 0.647 e. The van der Waals surface area contributed by atoms with Crippen LogP contribution in [0.2, 0.25) is 0 Å². The predicted molar refractivity (Wildman–Crippen MR) is 131 cm³/mol. The molecule has 0 N–H and O–H groups in total. The van der Waals surface area contributed by atoms with Crippen molar-refractivity contribution in [3.8, 4) is 17.2 Å². The monoisotopic (exact) mass is 647 g/mol. The van der Waals surface area contributed by atoms with Crippen molar-refractivity contribution in [1.82, 2.24) is 0 Å². The predicted octanol–water partition coefficient (Wildman–Crippen LogP) is 1.24. The van der Waals surface area contributed by atoms with Crippen LogP contribution in [0, 0.1) is 30.3 Å². The molecular formula is C18H9N3O16P4. The van der Waals surface area contributed by atoms with E-state index < -0.39 is 96.9 Å². The minimum atomic E-state index is -5.51. The summed E-state index contributed by atoms with van der Waals surface area (Å²) >= 11 is 0. The molecule has 0 saturated heterocycles. The molecule has 3 atom stereocenters. The Bertz CT molecular complexity index is 1500. The van der Waals surface area contributed by atoms with Gasteiger partial charge in [-0.3, -0.25) is 30.3 Å². The number of phosphoric ester groups is 1. The largest absolute Gasteiger partial charge is 0.647 e. The van der Waals surface area contributed by atoms with Crippen LogP contribution in [0.5, 0.6) is 17.2 Å². The molecule has 0 fully saturated rings. The molecule has 0 saturated carbocycles. The number of hydrogen-bond acceptors (Lipinski definition) is 16. The van der Waals surface area contributed by atoms with Crippen molar-refractivity contribution in [3.63, 3.8) is 0 Å². The maximum atomic E-state index is 13.8. The van der Waals surface area contributed by atoms with Crippen LogP contribution in [0.1, 0.15) is 0 Å². The molecule has 0 aliphatic heterocycles. The summed E-state index contributed by atoms with van der Waals surface area (Å²) in [6, 6.07) is 5.66. The number of nitrogens with zero attached hydrogens (tertiary/aromatic N) is 3. The lowest BCUT2D eigenvalue weighted by Gasteiger charge is -2.19. The Morgan fingerprint density at radius 2 is 0.780 bits per heavy atom. The van der Waals surface area contributed by atoms with Crippen molar-refractivity contribution >= 4 is 64.9 Å². The molecule has 0 aliphatic carbocycles. The van der Waals surface area contributed by atoms with E-state index in [-0.39, 0.29) is 0 Å². The highest BCUT2D eigenvalue weighted by molar-refractivity contribution is 7.51. The fourth-order valence-corrected chi connectivity index (χ4v) is 6.08. The van der Waals surface area contributed by atoms with E-state index in [4.69, 9.17) is 13.6 Å². The molecule has 41 heavy (non-hydrogen) atoms. The average Bonchev–Trinajstić information content (AvgIpc) is 2.88. The highest BCUT2D eigenvalue weighted by Gasteiger charge is 2.40. The fourth-order valence-electron chi connectivity index (χ4n) is 2.93. The number of nitro groups is 3. The van der Waals surface area contributed by atoms with Gasteiger partial charge < -0.3 is 28.3 Å². The van der Waals surface area contributed by atoms with Gasteiger partial charge in [-0.1, -0.05) is 13.7 Å². The van der Waals surface area contributed by atoms with Crippen LogP contribution in [0.25, 0.3) is 0 Å². The number of phosphoric acid groups is 1. The first-order valence-electron chi connectivity index (χ1n) is 10.1. The van der Waals surface area contributed by atoms with Crippen LogP contribution in [0.15, 0.2) is 54.6 Å². The third-order valence-corrected chi connectivity index (χ3v) is 8.17. The van der Waals surface area contributed by atoms with Gasteiger partial charge in [-0.2, -0.15) is 4.57 Å². The number of rotatable bonds is 12. The molecule has 3 unspecified atom stereocenters. The quantitative estimate of drug-likeness (QED) is 0.152. The Kier molecular flexibility index (Phi) is 9.48. The second kappa shape index (κ2) is 12.5. The standard InChI is InChI=1S/C18H9N3O16P4/c22-19(23)10-1-4-13(16(7-10)38(28)29)35-41(34,36-14-5-2-11(20(24)25)8-17(14)39(30)31)37-15-6-3-12(21(26)27)9-18(15)40(32)33/h1-9H. The van der Waals surface area contributed by atoms with Gasteiger partial charge >= 0.3 is 31.9 Å². The molecule has 212 valence electrons. The zero-order valence-electron chi connectivity index (χ0n) is 19.4. The number of hydrogen-bond donors (Lipinski definition) is 0. The highest BCUT2D eigenvalue weighted by Crippen LogP contribution is 2.51. The fraction of sp³-hybridized carbons (Fsp3) is 0. The lowest BCUT2D eigenvalue weighted by atomic mass is 10.3. The molecule has 0 aliphatic rings. The maximum absolute atomic E-state index is 13.8. The first-order chi connectivity index (χ1) is 19.1. The Morgan fingerprint density at radius 1 is 0.537 bits per heavy atom. The van der Waals surface area contributed by atoms with Crippen LogP contribution in [-0.4, -0.2) is 14.8 Å². The van der Waals surface area contributed by atoms with Gasteiger partial charge in [0.15, 0.2) is 17.2 Å². The molecule has 0 aromatic heterocycles. The van der Waals surface area contributed by atoms with Gasteiger partial charge in [0.1, 0.15) is 0 Å². The van der Waals surface area contributed by atoms with Crippen molar-refractivity contribution in [3.05, 3.63) is 84.9 Å². The third kappa shape index (κ3) is 7.45. The van der Waals surface area contributed by atoms with Gasteiger partial charge in [0.05, 0.1) is 33.0 Å². The molecule has 0 bridgehead atoms. The summed E-state index contributed by atoms with van der Waals surface area (Å²) in [5.74, 6) is -2.71. The molecule has 0 radical (unpaired) electrons. The van der Waals surface area contributed by atoms with Gasteiger partial charge in [0, 0.05) is 18.2 Å². The van der Waals surface area contributed by atoms with Gasteiger partial charge in [-0.05, 0) is 18.2 Å². The minimum Gasteiger partial charge on any atom is -0.591 e. The zero-order chi connectivity index (χ0) is 30.6. The van der Waals surface area contributed by atoms with Gasteiger partial charge in [-0.15, -0.1) is 0 Å². The smallest absolute Gasteiger partial charge is 0.591 e. The van der Waals surface area contributed by atoms with Gasteiger partial charge in [0.25, 0.3) is 17.1 Å². The van der Waals surface area contributed by atoms with Crippen LogP contribution >= 0.6 is 31.9 Å². The van der Waals surface area contributed by atoms with Crippen LogP contribution in [0.4, 0.5) is 17.1 Å². The van der Waals surface area contributed by atoms with E-state index in [1.54, 1.807) is 0 Å². The second-order valence-electron chi connectivity index (χ2n) is 7.22. The zero-order valence-corrected chi connectivity index (χ0v) is 22.9. The second-order valence-corrected chi connectivity index (χ2v) is 11.7. The van der Waals surface area contributed by atoms with Crippen molar-refractivity contribution < 1.29 is 61.3 Å². The molecule has 3 aromatic carbocycles. The molecule has 19 nitrogen and oxygen atoms in total. The van der Waals surface area contributed by atoms with Crippen molar-refractivity contribution in [2.45, 2.75) is 0 Å². The number of benzene rings is 3. The van der Waals surface area contributed by atoms with Crippen LogP contribution in [-0.2, 0) is 18.3 Å². The molecule has 23 heteroatoms. The number of non-ortho nitro benzene ring substituents is 3. The van der Waals surface area contributed by atoms with E-state index in [9.17, 15) is 63.3 Å². The first kappa shape index (κ1) is 31.2. The minimum absolute atomic E-state index is 0.503. The van der Waals surface area contributed by atoms with Crippen molar-refractivity contribution in [2.24, 2.45) is 0 Å². The highest BCUT2D eigenvalue weighted by atomic mass is 31.2. The molecule has 0 spiro atoms. The molecule has 3 aromatic rings. The molecular weight excluding hydrogens is 638 g/mol. The van der Waals surface area contributed by atoms with E-state index in [0.717, 1.165) is 18.2 Å². The van der Waals surface area contributed by atoms with Crippen molar-refractivity contribution in [2.75, 3.05) is 0 Å². The summed E-state index contributed by atoms with van der Waals surface area (Å²) in [5.41, 5.74) is -2.24. The molecule has 0 heterocycles. The lowest BCUT2D eigenvalue weighted by Crippen LogP contribution is -2.19. The Labute approximate surface area is 228 Å². The normalized spacial score (nSPS) is 13.3. The first-order valence-corrected chi connectivity index (χ1v) is 15.1. The molecule has 3 rings (SSSR count). The summed E-state index contributed by atoms with van der Waals surface area (Å²) < 4.78 is 64.5. The topological polar surface area (TPSA) is 295 Å². The lowest BCUT2D eigenvalue weighted by molar-refractivity contribution is -0.385.